The molecule has 0 amide bonds. The van der Waals surface area contributed by atoms with E-state index in [1.807, 2.05) is 25.1 Å². The Kier molecular flexibility index (Phi) is 3.44. The fraction of sp³-hybridized carbons (Fsp3) is 0.250. The number of benzene rings is 1. The summed E-state index contributed by atoms with van der Waals surface area (Å²) < 4.78 is 0. The Labute approximate surface area is 84.1 Å². The number of aliphatic hydroxyl groups excluding tert-OH is 1. The normalized spacial score (nSPS) is 13.4. The van der Waals surface area contributed by atoms with Crippen LogP contribution in [0.1, 0.15) is 25.0 Å². The molecule has 0 spiro atoms. The minimum Gasteiger partial charge on any atom is -0.389 e. The summed E-state index contributed by atoms with van der Waals surface area (Å²) in [6.45, 7) is 3.61. The number of hydrogen-bond donors (Lipinski definition) is 1. The van der Waals surface area contributed by atoms with Crippen LogP contribution in [0.5, 0.6) is 0 Å². The minimum absolute atomic E-state index is 0.425. The smallest absolute Gasteiger partial charge is 0.0991 e. The Bertz CT molecular complexity index is 368. The van der Waals surface area contributed by atoms with Crippen LogP contribution in [0.2, 0.25) is 0 Å². The topological polar surface area (TPSA) is 44.0 Å². The standard InChI is InChI=1S/C12H13NO/c1-9(10(2)14)7-11-3-5-12(8-13)6-4-11/h3-7,10,14H,1-2H3/b9-7+/t10-/m1/s1. The average molecular weight is 187 g/mol. The zero-order chi connectivity index (χ0) is 10.6. The van der Waals surface area contributed by atoms with Gasteiger partial charge >= 0.3 is 0 Å². The van der Waals surface area contributed by atoms with E-state index in [2.05, 4.69) is 6.07 Å². The van der Waals surface area contributed by atoms with E-state index in [1.165, 1.54) is 0 Å². The molecule has 1 aromatic carbocycles. The number of nitriles is 1. The summed E-state index contributed by atoms with van der Waals surface area (Å²) in [5, 5.41) is 17.9. The van der Waals surface area contributed by atoms with Crippen LogP contribution in [0.15, 0.2) is 29.8 Å². The zero-order valence-corrected chi connectivity index (χ0v) is 8.36. The van der Waals surface area contributed by atoms with E-state index in [4.69, 9.17) is 5.26 Å². The Balaban J connectivity index is 2.89. The van der Waals surface area contributed by atoms with Gasteiger partial charge in [0.2, 0.25) is 0 Å². The number of nitrogens with zero attached hydrogens (tertiary/aromatic N) is 1. The lowest BCUT2D eigenvalue weighted by Crippen LogP contribution is -2.00. The molecule has 0 unspecified atom stereocenters. The molecular weight excluding hydrogens is 174 g/mol. The summed E-state index contributed by atoms with van der Waals surface area (Å²) >= 11 is 0. The zero-order valence-electron chi connectivity index (χ0n) is 8.36. The van der Waals surface area contributed by atoms with Crippen molar-refractivity contribution < 1.29 is 5.11 Å². The molecule has 0 fully saturated rings. The molecule has 0 radical (unpaired) electrons. The Morgan fingerprint density at radius 1 is 1.43 bits per heavy atom. The van der Waals surface area contributed by atoms with E-state index >= 15 is 0 Å². The van der Waals surface area contributed by atoms with Crippen molar-refractivity contribution in [3.05, 3.63) is 41.0 Å². The highest BCUT2D eigenvalue weighted by Gasteiger charge is 1.98. The van der Waals surface area contributed by atoms with Gasteiger partial charge in [-0.1, -0.05) is 18.2 Å². The van der Waals surface area contributed by atoms with Gasteiger partial charge in [0.05, 0.1) is 17.7 Å². The second kappa shape index (κ2) is 4.59. The summed E-state index contributed by atoms with van der Waals surface area (Å²) in [5.74, 6) is 0. The third-order valence-corrected chi connectivity index (χ3v) is 2.09. The van der Waals surface area contributed by atoms with Gasteiger partial charge in [-0.05, 0) is 37.1 Å². The molecule has 0 aliphatic carbocycles. The lowest BCUT2D eigenvalue weighted by Gasteiger charge is -2.03. The molecule has 14 heavy (non-hydrogen) atoms. The van der Waals surface area contributed by atoms with Gasteiger partial charge in [-0.3, -0.25) is 0 Å². The highest BCUT2D eigenvalue weighted by atomic mass is 16.3. The van der Waals surface area contributed by atoms with Crippen LogP contribution < -0.4 is 0 Å². The predicted molar refractivity (Wildman–Crippen MR) is 56.5 cm³/mol. The van der Waals surface area contributed by atoms with Crippen molar-refractivity contribution in [3.8, 4) is 6.07 Å². The van der Waals surface area contributed by atoms with Gasteiger partial charge < -0.3 is 5.11 Å². The third-order valence-electron chi connectivity index (χ3n) is 2.09. The second-order valence-electron chi connectivity index (χ2n) is 3.30. The molecule has 0 saturated carbocycles. The van der Waals surface area contributed by atoms with Crippen LogP contribution in [0.4, 0.5) is 0 Å². The van der Waals surface area contributed by atoms with Crippen LogP contribution in [-0.4, -0.2) is 11.2 Å². The summed E-state index contributed by atoms with van der Waals surface area (Å²) in [6.07, 6.45) is 1.48. The van der Waals surface area contributed by atoms with Crippen molar-refractivity contribution in [2.24, 2.45) is 0 Å². The van der Waals surface area contributed by atoms with Gasteiger partial charge in [-0.15, -0.1) is 0 Å². The maximum atomic E-state index is 9.26. The van der Waals surface area contributed by atoms with Crippen molar-refractivity contribution in [2.75, 3.05) is 0 Å². The maximum absolute atomic E-state index is 9.26. The van der Waals surface area contributed by atoms with E-state index in [0.29, 0.717) is 5.56 Å². The monoisotopic (exact) mass is 187 g/mol. The van der Waals surface area contributed by atoms with Crippen molar-refractivity contribution in [1.29, 1.82) is 5.26 Å². The van der Waals surface area contributed by atoms with Gasteiger partial charge in [0.25, 0.3) is 0 Å². The average Bonchev–Trinajstić information content (AvgIpc) is 2.19. The fourth-order valence-electron chi connectivity index (χ4n) is 1.04. The number of hydrogen-bond acceptors (Lipinski definition) is 2. The fourth-order valence-corrected chi connectivity index (χ4v) is 1.04. The molecule has 1 rings (SSSR count). The van der Waals surface area contributed by atoms with E-state index in [1.54, 1.807) is 19.1 Å². The van der Waals surface area contributed by atoms with Crippen LogP contribution in [0, 0.1) is 11.3 Å². The predicted octanol–water partition coefficient (Wildman–Crippen LogP) is 2.34. The molecule has 0 aliphatic heterocycles. The summed E-state index contributed by atoms with van der Waals surface area (Å²) in [5.41, 5.74) is 2.56. The maximum Gasteiger partial charge on any atom is 0.0991 e. The highest BCUT2D eigenvalue weighted by Crippen LogP contribution is 2.10. The first-order chi connectivity index (χ1) is 6.63. The van der Waals surface area contributed by atoms with E-state index in [-0.39, 0.29) is 0 Å². The second-order valence-corrected chi connectivity index (χ2v) is 3.30. The molecule has 72 valence electrons. The third kappa shape index (κ3) is 2.72. The summed E-state index contributed by atoms with van der Waals surface area (Å²) in [6, 6.07) is 9.32. The van der Waals surface area contributed by atoms with Crippen molar-refractivity contribution in [2.45, 2.75) is 20.0 Å². The van der Waals surface area contributed by atoms with Crippen LogP contribution in [-0.2, 0) is 0 Å². The van der Waals surface area contributed by atoms with E-state index in [9.17, 15) is 5.11 Å². The van der Waals surface area contributed by atoms with Crippen LogP contribution in [0.3, 0.4) is 0 Å². The Morgan fingerprint density at radius 3 is 2.43 bits per heavy atom. The van der Waals surface area contributed by atoms with Crippen molar-refractivity contribution in [3.63, 3.8) is 0 Å². The molecule has 0 heterocycles. The van der Waals surface area contributed by atoms with Crippen molar-refractivity contribution >= 4 is 6.08 Å². The van der Waals surface area contributed by atoms with E-state index < -0.39 is 6.10 Å². The van der Waals surface area contributed by atoms with Gasteiger partial charge in [0, 0.05) is 0 Å². The highest BCUT2D eigenvalue weighted by molar-refractivity contribution is 5.54. The van der Waals surface area contributed by atoms with Crippen molar-refractivity contribution in [1.82, 2.24) is 0 Å². The SMILES string of the molecule is C/C(=C\c1ccc(C#N)cc1)[C@@H](C)O. The molecule has 1 aromatic rings. The molecule has 1 atom stereocenters. The molecule has 0 aliphatic rings. The van der Waals surface area contributed by atoms with Crippen LogP contribution >= 0.6 is 0 Å². The quantitative estimate of drug-likeness (QED) is 0.772. The Hall–Kier alpha value is -1.59. The summed E-state index contributed by atoms with van der Waals surface area (Å²) in [4.78, 5) is 0. The first kappa shape index (κ1) is 10.5. The first-order valence-electron chi connectivity index (χ1n) is 4.50. The van der Waals surface area contributed by atoms with Crippen LogP contribution in [0.25, 0.3) is 6.08 Å². The van der Waals surface area contributed by atoms with Gasteiger partial charge in [0.15, 0.2) is 0 Å². The number of aliphatic hydroxyl groups is 1. The summed E-state index contributed by atoms with van der Waals surface area (Å²) in [7, 11) is 0. The molecule has 0 bridgehead atoms. The number of rotatable bonds is 2. The molecule has 0 saturated heterocycles. The molecule has 2 heteroatoms. The first-order valence-corrected chi connectivity index (χ1v) is 4.50. The Morgan fingerprint density at radius 2 is 2.00 bits per heavy atom. The van der Waals surface area contributed by atoms with E-state index in [0.717, 1.165) is 11.1 Å². The lowest BCUT2D eigenvalue weighted by molar-refractivity contribution is 0.232. The van der Waals surface area contributed by atoms with Gasteiger partial charge in [0.1, 0.15) is 0 Å². The lowest BCUT2D eigenvalue weighted by atomic mass is 10.1. The van der Waals surface area contributed by atoms with Gasteiger partial charge in [-0.25, -0.2) is 0 Å². The van der Waals surface area contributed by atoms with Gasteiger partial charge in [-0.2, -0.15) is 5.26 Å². The molecule has 2 nitrogen and oxygen atoms in total. The minimum atomic E-state index is -0.425. The molecular formula is C12H13NO. The largest absolute Gasteiger partial charge is 0.389 e. The molecule has 0 aromatic heterocycles. The molecule has 1 N–H and O–H groups in total.